The Labute approximate surface area is 171 Å². The van der Waals surface area contributed by atoms with Crippen LogP contribution in [0.3, 0.4) is 0 Å². The number of nitrogens with zero attached hydrogens (tertiary/aromatic N) is 3. The molecule has 1 fully saturated rings. The van der Waals surface area contributed by atoms with Gasteiger partial charge in [-0.2, -0.15) is 0 Å². The molecule has 1 aliphatic heterocycles. The molecule has 2 aromatic rings. The third kappa shape index (κ3) is 4.92. The lowest BCUT2D eigenvalue weighted by atomic mass is 9.81. The van der Waals surface area contributed by atoms with Crippen LogP contribution in [0.25, 0.3) is 11.3 Å². The molecule has 3 N–H and O–H groups in total. The highest BCUT2D eigenvalue weighted by molar-refractivity contribution is 5.82. The number of rotatable bonds is 6. The first-order valence-electron chi connectivity index (χ1n) is 9.67. The molecule has 1 aliphatic rings. The third-order valence-electron chi connectivity index (χ3n) is 4.97. The van der Waals surface area contributed by atoms with E-state index < -0.39 is 0 Å². The third-order valence-corrected chi connectivity index (χ3v) is 4.97. The van der Waals surface area contributed by atoms with E-state index in [1.54, 1.807) is 30.3 Å². The molecular weight excluding hydrogens is 366 g/mol. The molecule has 1 aromatic heterocycles. The molecule has 0 amide bonds. The maximum atomic E-state index is 10.4. The van der Waals surface area contributed by atoms with Gasteiger partial charge < -0.3 is 20.1 Å². The zero-order chi connectivity index (χ0) is 21.2. The lowest BCUT2D eigenvalue weighted by Crippen LogP contribution is -2.60. The average molecular weight is 396 g/mol. The van der Waals surface area contributed by atoms with E-state index in [0.29, 0.717) is 22.8 Å². The number of hydrogen-bond donors (Lipinski definition) is 3. The summed E-state index contributed by atoms with van der Waals surface area (Å²) in [4.78, 5) is 1.49. The number of ether oxygens (including phenoxy) is 1. The quantitative estimate of drug-likeness (QED) is 0.504. The van der Waals surface area contributed by atoms with Crippen molar-refractivity contribution in [1.29, 1.82) is 5.41 Å². The first-order valence-corrected chi connectivity index (χ1v) is 9.67. The summed E-state index contributed by atoms with van der Waals surface area (Å²) in [5.74, 6) is 0.533. The Bertz CT molecular complexity index is 869. The number of phenols is 1. The van der Waals surface area contributed by atoms with E-state index in [-0.39, 0.29) is 22.9 Å². The van der Waals surface area contributed by atoms with E-state index >= 15 is 0 Å². The molecule has 2 heterocycles. The van der Waals surface area contributed by atoms with Gasteiger partial charge in [0.1, 0.15) is 11.9 Å². The van der Waals surface area contributed by atoms with Gasteiger partial charge in [-0.15, -0.1) is 10.2 Å². The number of nitrogens with one attached hydrogen (secondary N) is 2. The van der Waals surface area contributed by atoms with Crippen LogP contribution in [-0.2, 0) is 0 Å². The summed E-state index contributed by atoms with van der Waals surface area (Å²) in [5, 5.41) is 29.8. The van der Waals surface area contributed by atoms with Gasteiger partial charge in [-0.05, 0) is 45.9 Å². The topological polar surface area (TPSA) is 94.4 Å². The normalized spacial score (nSPS) is 18.1. The van der Waals surface area contributed by atoms with Crippen LogP contribution >= 0.6 is 0 Å². The van der Waals surface area contributed by atoms with Crippen molar-refractivity contribution in [3.63, 3.8) is 0 Å². The number of benzene rings is 1. The second-order valence-corrected chi connectivity index (χ2v) is 8.72. The maximum absolute atomic E-state index is 10.4. The van der Waals surface area contributed by atoms with Crippen LogP contribution < -0.4 is 15.0 Å². The second kappa shape index (κ2) is 7.83. The molecule has 3 rings (SSSR count). The van der Waals surface area contributed by atoms with Crippen molar-refractivity contribution in [3.05, 3.63) is 43.1 Å². The molecule has 154 valence electrons. The fourth-order valence-corrected chi connectivity index (χ4v) is 4.14. The summed E-state index contributed by atoms with van der Waals surface area (Å²) in [6, 6.07) is 8.66. The molecule has 29 heavy (non-hydrogen) atoms. The number of hydrogen-bond acceptors (Lipinski definition) is 6. The van der Waals surface area contributed by atoms with Crippen LogP contribution in [0, 0.1) is 5.41 Å². The second-order valence-electron chi connectivity index (χ2n) is 8.72. The highest BCUT2D eigenvalue weighted by Crippen LogP contribution is 2.33. The lowest BCUT2D eigenvalue weighted by Gasteiger charge is -2.46. The van der Waals surface area contributed by atoms with Gasteiger partial charge in [0.25, 0.3) is 0 Å². The van der Waals surface area contributed by atoms with Gasteiger partial charge >= 0.3 is 0 Å². The molecule has 0 radical (unpaired) electrons. The largest absolute Gasteiger partial charge is 0.507 e. The van der Waals surface area contributed by atoms with Crippen LogP contribution in [0.15, 0.2) is 43.1 Å². The van der Waals surface area contributed by atoms with Crippen LogP contribution in [0.1, 0.15) is 40.5 Å². The van der Waals surface area contributed by atoms with Crippen LogP contribution in [-0.4, -0.2) is 38.8 Å². The zero-order valence-corrected chi connectivity index (χ0v) is 17.4. The van der Waals surface area contributed by atoms with Gasteiger partial charge in [0.15, 0.2) is 0 Å². The number of aromatic hydroxyl groups is 1. The predicted octanol–water partition coefficient (Wildman–Crippen LogP) is 4.09. The first-order chi connectivity index (χ1) is 13.6. The Hall–Kier alpha value is -2.93. The number of anilines is 1. The highest BCUT2D eigenvalue weighted by atomic mass is 16.5. The molecule has 0 bridgehead atoms. The zero-order valence-electron chi connectivity index (χ0n) is 17.4. The summed E-state index contributed by atoms with van der Waals surface area (Å²) in [5.41, 5.74) is 1.73. The minimum Gasteiger partial charge on any atom is -0.507 e. The molecule has 0 spiro atoms. The molecule has 0 aliphatic carbocycles. The Morgan fingerprint density at radius 2 is 1.86 bits per heavy atom. The monoisotopic (exact) mass is 395 g/mol. The minimum absolute atomic E-state index is 0.0108. The molecule has 1 aromatic carbocycles. The molecule has 7 heteroatoms. The van der Waals surface area contributed by atoms with Crippen molar-refractivity contribution >= 4 is 12.0 Å². The summed E-state index contributed by atoms with van der Waals surface area (Å²) < 4.78 is 6.11. The fourth-order valence-electron chi connectivity index (χ4n) is 4.14. The van der Waals surface area contributed by atoms with Crippen molar-refractivity contribution in [2.45, 2.75) is 57.7 Å². The van der Waals surface area contributed by atoms with Gasteiger partial charge in [0.05, 0.1) is 17.7 Å². The van der Waals surface area contributed by atoms with Crippen molar-refractivity contribution in [1.82, 2.24) is 15.5 Å². The highest BCUT2D eigenvalue weighted by Gasteiger charge is 2.38. The van der Waals surface area contributed by atoms with Gasteiger partial charge in [-0.3, -0.25) is 5.41 Å². The van der Waals surface area contributed by atoms with E-state index in [2.05, 4.69) is 49.8 Å². The summed E-state index contributed by atoms with van der Waals surface area (Å²) in [6.45, 7) is 12.4. The maximum Gasteiger partial charge on any atom is 0.233 e. The van der Waals surface area contributed by atoms with Crippen molar-refractivity contribution in [2.24, 2.45) is 0 Å². The Kier molecular flexibility index (Phi) is 5.61. The van der Waals surface area contributed by atoms with Crippen molar-refractivity contribution in [3.8, 4) is 22.9 Å². The molecule has 0 saturated carbocycles. The lowest BCUT2D eigenvalue weighted by molar-refractivity contribution is 0.0524. The van der Waals surface area contributed by atoms with Crippen LogP contribution in [0.4, 0.5) is 5.69 Å². The number of piperidine rings is 1. The number of aromatic nitrogens is 2. The van der Waals surface area contributed by atoms with Gasteiger partial charge in [0, 0.05) is 47.8 Å². The predicted molar refractivity (Wildman–Crippen MR) is 116 cm³/mol. The van der Waals surface area contributed by atoms with Crippen LogP contribution in [0.5, 0.6) is 11.6 Å². The summed E-state index contributed by atoms with van der Waals surface area (Å²) in [6.07, 6.45) is 4.44. The Morgan fingerprint density at radius 3 is 2.38 bits per heavy atom. The molecular formula is C22H29N5O2. The van der Waals surface area contributed by atoms with E-state index in [4.69, 9.17) is 10.1 Å². The standard InChI is InChI=1S/C22H29N5O2/c1-6-27(14-23)15-7-8-17(19(28)11-15)18-9-10-20(25-24-18)29-16-12-21(2,3)26-22(4,5)13-16/h6-11,14,16,23,26,28H,1,12-13H2,2-5H3. The number of phenolic OH excluding ortho intramolecular Hbond substituents is 1. The average Bonchev–Trinajstić information content (AvgIpc) is 2.61. The van der Waals surface area contributed by atoms with Crippen molar-refractivity contribution in [2.75, 3.05) is 4.90 Å². The van der Waals surface area contributed by atoms with Gasteiger partial charge in [-0.25, -0.2) is 0 Å². The van der Waals surface area contributed by atoms with E-state index in [1.165, 1.54) is 11.1 Å². The van der Waals surface area contributed by atoms with Crippen LogP contribution in [0.2, 0.25) is 0 Å². The molecule has 0 unspecified atom stereocenters. The first kappa shape index (κ1) is 20.8. The smallest absolute Gasteiger partial charge is 0.233 e. The van der Waals surface area contributed by atoms with Gasteiger partial charge in [0.2, 0.25) is 5.88 Å². The summed E-state index contributed by atoms with van der Waals surface area (Å²) in [7, 11) is 0. The van der Waals surface area contributed by atoms with E-state index in [1.807, 2.05) is 0 Å². The minimum atomic E-state index is -0.0108. The molecule has 0 atom stereocenters. The van der Waals surface area contributed by atoms with Crippen molar-refractivity contribution < 1.29 is 9.84 Å². The fraction of sp³-hybridized carbons (Fsp3) is 0.409. The Balaban J connectivity index is 1.75. The SMILES string of the molecule is C=CN(C=N)c1ccc(-c2ccc(OC3CC(C)(C)NC(C)(C)C3)nn2)c(O)c1. The van der Waals surface area contributed by atoms with Gasteiger partial charge in [-0.1, -0.05) is 6.58 Å². The summed E-state index contributed by atoms with van der Waals surface area (Å²) >= 11 is 0. The van der Waals surface area contributed by atoms with E-state index in [9.17, 15) is 5.11 Å². The van der Waals surface area contributed by atoms with E-state index in [0.717, 1.165) is 19.2 Å². The molecule has 7 nitrogen and oxygen atoms in total. The Morgan fingerprint density at radius 1 is 1.17 bits per heavy atom. The molecule has 1 saturated heterocycles.